The average Bonchev–Trinajstić information content (AvgIpc) is 2.99. The number of carbonyl (C=O) groups excluding carboxylic acids is 1. The van der Waals surface area contributed by atoms with Crippen molar-refractivity contribution in [3.63, 3.8) is 0 Å². The van der Waals surface area contributed by atoms with Crippen LogP contribution in [0.3, 0.4) is 0 Å². The van der Waals surface area contributed by atoms with Crippen LogP contribution in [0.1, 0.15) is 34.6 Å². The van der Waals surface area contributed by atoms with Crippen molar-refractivity contribution in [2.24, 2.45) is 0 Å². The summed E-state index contributed by atoms with van der Waals surface area (Å²) in [6.07, 6.45) is 2.03. The predicted octanol–water partition coefficient (Wildman–Crippen LogP) is 2.58. The molecule has 0 radical (unpaired) electrons. The number of carbonyl (C=O) groups is 1. The molecule has 5 nitrogen and oxygen atoms in total. The number of rotatable bonds is 3. The highest BCUT2D eigenvalue weighted by Gasteiger charge is 2.18. The van der Waals surface area contributed by atoms with Gasteiger partial charge in [0.25, 0.3) is 0 Å². The number of fused-ring (bicyclic) bond motifs is 1. The maximum absolute atomic E-state index is 12.1. The lowest BCUT2D eigenvalue weighted by Crippen LogP contribution is -2.17. The van der Waals surface area contributed by atoms with E-state index in [2.05, 4.69) is 9.97 Å². The number of aromatic nitrogens is 2. The van der Waals surface area contributed by atoms with Crippen LogP contribution in [0.2, 0.25) is 0 Å². The zero-order valence-electron chi connectivity index (χ0n) is 12.3. The van der Waals surface area contributed by atoms with Gasteiger partial charge in [0.1, 0.15) is 6.61 Å². The second kappa shape index (κ2) is 5.77. The third-order valence-electron chi connectivity index (χ3n) is 3.74. The molecule has 110 valence electrons. The molecule has 1 aromatic heterocycles. The lowest BCUT2D eigenvalue weighted by Gasteiger charge is -2.10. The van der Waals surface area contributed by atoms with Crippen LogP contribution in [0.5, 0.6) is 0 Å². The monoisotopic (exact) mass is 286 g/mol. The van der Waals surface area contributed by atoms with Gasteiger partial charge in [0, 0.05) is 6.61 Å². The molecule has 5 heteroatoms. The summed E-state index contributed by atoms with van der Waals surface area (Å²) in [5.74, 6) is -0.340. The molecule has 2 aromatic rings. The Labute approximate surface area is 123 Å². The molecule has 1 aliphatic rings. The second-order valence-electron chi connectivity index (χ2n) is 5.33. The van der Waals surface area contributed by atoms with Crippen molar-refractivity contribution in [3.05, 3.63) is 35.2 Å². The van der Waals surface area contributed by atoms with Gasteiger partial charge in [0.15, 0.2) is 0 Å². The summed E-state index contributed by atoms with van der Waals surface area (Å²) in [6.45, 7) is 4.90. The van der Waals surface area contributed by atoms with Crippen molar-refractivity contribution in [2.45, 2.75) is 32.8 Å². The highest BCUT2D eigenvalue weighted by molar-refractivity contribution is 5.93. The molecule has 0 aliphatic carbocycles. The molecule has 0 N–H and O–H groups in total. The van der Waals surface area contributed by atoms with Crippen LogP contribution < -0.4 is 0 Å². The Morgan fingerprint density at radius 1 is 1.29 bits per heavy atom. The first-order valence-corrected chi connectivity index (χ1v) is 7.17. The average molecular weight is 286 g/mol. The summed E-state index contributed by atoms with van der Waals surface area (Å²) in [4.78, 5) is 21.0. The molecule has 1 atom stereocenters. The van der Waals surface area contributed by atoms with Crippen LogP contribution >= 0.6 is 0 Å². The highest BCUT2D eigenvalue weighted by atomic mass is 16.6. The van der Waals surface area contributed by atoms with Crippen LogP contribution in [0.25, 0.3) is 11.0 Å². The SMILES string of the molecule is Cc1nc2ccc(C(=O)OCC3CCCO3)cc2nc1C. The Balaban J connectivity index is 1.76. The number of esters is 1. The van der Waals surface area contributed by atoms with Gasteiger partial charge in [-0.3, -0.25) is 0 Å². The quantitative estimate of drug-likeness (QED) is 0.812. The number of nitrogens with zero attached hydrogens (tertiary/aromatic N) is 2. The fraction of sp³-hybridized carbons (Fsp3) is 0.438. The summed E-state index contributed by atoms with van der Waals surface area (Å²) >= 11 is 0. The van der Waals surface area contributed by atoms with Crippen LogP contribution in [0.15, 0.2) is 18.2 Å². The summed E-state index contributed by atoms with van der Waals surface area (Å²) in [5, 5.41) is 0. The Morgan fingerprint density at radius 2 is 2.05 bits per heavy atom. The molecule has 0 bridgehead atoms. The van der Waals surface area contributed by atoms with Crippen molar-refractivity contribution in [2.75, 3.05) is 13.2 Å². The van der Waals surface area contributed by atoms with E-state index in [1.54, 1.807) is 18.2 Å². The van der Waals surface area contributed by atoms with Gasteiger partial charge in [0.2, 0.25) is 0 Å². The first-order valence-electron chi connectivity index (χ1n) is 7.17. The first-order chi connectivity index (χ1) is 10.1. The summed E-state index contributed by atoms with van der Waals surface area (Å²) in [7, 11) is 0. The van der Waals surface area contributed by atoms with Crippen molar-refractivity contribution >= 4 is 17.0 Å². The van der Waals surface area contributed by atoms with Crippen LogP contribution in [0.4, 0.5) is 0 Å². The molecule has 1 fully saturated rings. The van der Waals surface area contributed by atoms with Gasteiger partial charge in [0.05, 0.1) is 34.1 Å². The van der Waals surface area contributed by atoms with Gasteiger partial charge in [-0.05, 0) is 44.9 Å². The van der Waals surface area contributed by atoms with Crippen molar-refractivity contribution in [1.29, 1.82) is 0 Å². The number of hydrogen-bond acceptors (Lipinski definition) is 5. The minimum absolute atomic E-state index is 0.0408. The van der Waals surface area contributed by atoms with E-state index in [9.17, 15) is 4.79 Å². The lowest BCUT2D eigenvalue weighted by atomic mass is 10.2. The molecule has 1 unspecified atom stereocenters. The number of ether oxygens (including phenoxy) is 2. The van der Waals surface area contributed by atoms with Crippen molar-refractivity contribution in [3.8, 4) is 0 Å². The largest absolute Gasteiger partial charge is 0.459 e. The fourth-order valence-electron chi connectivity index (χ4n) is 2.39. The number of aryl methyl sites for hydroxylation is 2. The fourth-order valence-corrected chi connectivity index (χ4v) is 2.39. The predicted molar refractivity (Wildman–Crippen MR) is 78.3 cm³/mol. The third kappa shape index (κ3) is 3.03. The van der Waals surface area contributed by atoms with E-state index in [1.807, 2.05) is 13.8 Å². The molecule has 3 rings (SSSR count). The van der Waals surface area contributed by atoms with Gasteiger partial charge in [-0.15, -0.1) is 0 Å². The van der Waals surface area contributed by atoms with E-state index in [0.29, 0.717) is 17.7 Å². The van der Waals surface area contributed by atoms with Crippen molar-refractivity contribution in [1.82, 2.24) is 9.97 Å². The zero-order chi connectivity index (χ0) is 14.8. The number of hydrogen-bond donors (Lipinski definition) is 0. The first kappa shape index (κ1) is 13.9. The molecule has 1 saturated heterocycles. The molecule has 1 aromatic carbocycles. The topological polar surface area (TPSA) is 61.3 Å². The molecule has 0 saturated carbocycles. The lowest BCUT2D eigenvalue weighted by molar-refractivity contribution is 0.0161. The van der Waals surface area contributed by atoms with Crippen molar-refractivity contribution < 1.29 is 14.3 Å². The maximum atomic E-state index is 12.1. The van der Waals surface area contributed by atoms with Gasteiger partial charge < -0.3 is 9.47 Å². The van der Waals surface area contributed by atoms with E-state index in [4.69, 9.17) is 9.47 Å². The van der Waals surface area contributed by atoms with E-state index < -0.39 is 0 Å². The molecule has 1 aliphatic heterocycles. The normalized spacial score (nSPS) is 18.1. The third-order valence-corrected chi connectivity index (χ3v) is 3.74. The molecule has 0 amide bonds. The summed E-state index contributed by atoms with van der Waals surface area (Å²) in [5.41, 5.74) is 3.76. The van der Waals surface area contributed by atoms with Gasteiger partial charge >= 0.3 is 5.97 Å². The van der Waals surface area contributed by atoms with E-state index in [0.717, 1.165) is 36.4 Å². The Bertz CT molecular complexity index is 679. The van der Waals surface area contributed by atoms with Crippen LogP contribution in [0, 0.1) is 13.8 Å². The summed E-state index contributed by atoms with van der Waals surface area (Å²) < 4.78 is 10.7. The highest BCUT2D eigenvalue weighted by Crippen LogP contribution is 2.16. The Hall–Kier alpha value is -2.01. The minimum atomic E-state index is -0.340. The van der Waals surface area contributed by atoms with Crippen LogP contribution in [-0.4, -0.2) is 35.3 Å². The van der Waals surface area contributed by atoms with Gasteiger partial charge in [-0.2, -0.15) is 0 Å². The molecule has 0 spiro atoms. The van der Waals surface area contributed by atoms with E-state index in [-0.39, 0.29) is 12.1 Å². The molecule has 2 heterocycles. The smallest absolute Gasteiger partial charge is 0.338 e. The van der Waals surface area contributed by atoms with Gasteiger partial charge in [-0.25, -0.2) is 14.8 Å². The molecular weight excluding hydrogens is 268 g/mol. The maximum Gasteiger partial charge on any atom is 0.338 e. The minimum Gasteiger partial charge on any atom is -0.459 e. The van der Waals surface area contributed by atoms with Gasteiger partial charge in [-0.1, -0.05) is 0 Å². The van der Waals surface area contributed by atoms with E-state index >= 15 is 0 Å². The summed E-state index contributed by atoms with van der Waals surface area (Å²) in [6, 6.07) is 5.26. The zero-order valence-corrected chi connectivity index (χ0v) is 12.3. The van der Waals surface area contributed by atoms with E-state index in [1.165, 1.54) is 0 Å². The Morgan fingerprint density at radius 3 is 2.76 bits per heavy atom. The second-order valence-corrected chi connectivity index (χ2v) is 5.33. The standard InChI is InChI=1S/C16H18N2O3/c1-10-11(2)18-15-8-12(5-6-14(15)17-10)16(19)21-9-13-4-3-7-20-13/h5-6,8,13H,3-4,7,9H2,1-2H3. The molecular formula is C16H18N2O3. The molecule has 21 heavy (non-hydrogen) atoms. The Kier molecular flexibility index (Phi) is 3.84. The number of benzene rings is 1. The van der Waals surface area contributed by atoms with Crippen LogP contribution in [-0.2, 0) is 9.47 Å².